The smallest absolute Gasteiger partial charge is 0.0498 e. The Labute approximate surface area is 135 Å². The number of H-pyrrole nitrogens is 1. The molecule has 3 rings (SSSR count). The van der Waals surface area contributed by atoms with E-state index in [4.69, 9.17) is 17.3 Å². The molecule has 22 heavy (non-hydrogen) atoms. The molecule has 2 aromatic heterocycles. The largest absolute Gasteiger partial charge is 0.354 e. The van der Waals surface area contributed by atoms with E-state index in [-0.39, 0.29) is 0 Å². The van der Waals surface area contributed by atoms with E-state index in [1.54, 1.807) is 0 Å². The lowest BCUT2D eigenvalue weighted by molar-refractivity contribution is 0.748. The number of nitrogens with two attached hydrogens (primary N) is 1. The van der Waals surface area contributed by atoms with E-state index in [1.165, 1.54) is 27.7 Å². The van der Waals surface area contributed by atoms with Crippen LogP contribution in [0, 0.1) is 6.92 Å². The summed E-state index contributed by atoms with van der Waals surface area (Å²) in [6.07, 6.45) is 6.75. The summed E-state index contributed by atoms with van der Waals surface area (Å²) in [5, 5.41) is 2.00. The Bertz CT molecular complexity index is 778. The second kappa shape index (κ2) is 6.51. The third-order valence-electron chi connectivity index (χ3n) is 4.03. The van der Waals surface area contributed by atoms with Crippen LogP contribution in [0.25, 0.3) is 22.2 Å². The number of hydrogen-bond donors (Lipinski definition) is 2. The van der Waals surface area contributed by atoms with Crippen molar-refractivity contribution in [1.82, 2.24) is 9.97 Å². The number of aromatic amines is 1. The summed E-state index contributed by atoms with van der Waals surface area (Å²) < 4.78 is 0. The number of hydrogen-bond acceptors (Lipinski definition) is 2. The van der Waals surface area contributed by atoms with Gasteiger partial charge in [0.05, 0.1) is 0 Å². The summed E-state index contributed by atoms with van der Waals surface area (Å²) in [4.78, 5) is 7.70. The molecule has 0 unspecified atom stereocenters. The molecule has 3 nitrogen and oxygen atoms in total. The van der Waals surface area contributed by atoms with E-state index in [1.807, 2.05) is 30.6 Å². The molecule has 1 aromatic carbocycles. The van der Waals surface area contributed by atoms with Crippen LogP contribution in [-0.2, 0) is 6.42 Å². The Balaban J connectivity index is 2.17. The van der Waals surface area contributed by atoms with Crippen LogP contribution in [0.4, 0.5) is 0 Å². The number of nitrogens with one attached hydrogen (secondary N) is 1. The molecule has 4 heteroatoms. The van der Waals surface area contributed by atoms with Gasteiger partial charge in [-0.15, -0.1) is 0 Å². The van der Waals surface area contributed by atoms with Crippen LogP contribution in [0.2, 0.25) is 5.02 Å². The molecule has 0 amide bonds. The van der Waals surface area contributed by atoms with Crippen molar-refractivity contribution in [2.75, 3.05) is 6.54 Å². The zero-order chi connectivity index (χ0) is 15.5. The van der Waals surface area contributed by atoms with Crippen LogP contribution in [0.15, 0.2) is 36.7 Å². The molecule has 0 aliphatic rings. The summed E-state index contributed by atoms with van der Waals surface area (Å²) in [5.41, 5.74) is 11.6. The highest BCUT2D eigenvalue weighted by atomic mass is 35.5. The van der Waals surface area contributed by atoms with Crippen LogP contribution in [-0.4, -0.2) is 16.5 Å². The van der Waals surface area contributed by atoms with Crippen LogP contribution >= 0.6 is 11.6 Å². The molecule has 3 aromatic rings. The Morgan fingerprint density at radius 1 is 1.18 bits per heavy atom. The summed E-state index contributed by atoms with van der Waals surface area (Å²) in [5.74, 6) is 0. The molecule has 0 fully saturated rings. The molecule has 3 N–H and O–H groups in total. The third kappa shape index (κ3) is 2.87. The van der Waals surface area contributed by atoms with Gasteiger partial charge >= 0.3 is 0 Å². The molecular weight excluding hydrogens is 294 g/mol. The Morgan fingerprint density at radius 2 is 1.95 bits per heavy atom. The van der Waals surface area contributed by atoms with Crippen LogP contribution in [0.3, 0.4) is 0 Å². The zero-order valence-corrected chi connectivity index (χ0v) is 13.5. The maximum atomic E-state index is 6.27. The molecule has 0 aliphatic heterocycles. The van der Waals surface area contributed by atoms with E-state index in [9.17, 15) is 0 Å². The molecule has 0 radical (unpaired) electrons. The lowest BCUT2D eigenvalue weighted by atomic mass is 10.00. The molecule has 2 heterocycles. The van der Waals surface area contributed by atoms with E-state index in [0.29, 0.717) is 0 Å². The fourth-order valence-electron chi connectivity index (χ4n) is 2.95. The number of rotatable bonds is 5. The summed E-state index contributed by atoms with van der Waals surface area (Å²) >= 11 is 6.27. The second-order valence-corrected chi connectivity index (χ2v) is 6.04. The van der Waals surface area contributed by atoms with Gasteiger partial charge < -0.3 is 10.7 Å². The van der Waals surface area contributed by atoms with Gasteiger partial charge in [-0.25, -0.2) is 0 Å². The molecule has 0 spiro atoms. The summed E-state index contributed by atoms with van der Waals surface area (Å²) in [6, 6.07) is 8.13. The topological polar surface area (TPSA) is 54.7 Å². The van der Waals surface area contributed by atoms with Crippen LogP contribution in [0.5, 0.6) is 0 Å². The number of nitrogens with zero attached hydrogens (tertiary/aromatic N) is 1. The van der Waals surface area contributed by atoms with Crippen molar-refractivity contribution < 1.29 is 0 Å². The minimum Gasteiger partial charge on any atom is -0.354 e. The Kier molecular flexibility index (Phi) is 4.46. The third-order valence-corrected chi connectivity index (χ3v) is 4.25. The highest BCUT2D eigenvalue weighted by Gasteiger charge is 2.15. The van der Waals surface area contributed by atoms with Crippen molar-refractivity contribution in [2.45, 2.75) is 26.2 Å². The fourth-order valence-corrected chi connectivity index (χ4v) is 3.23. The summed E-state index contributed by atoms with van der Waals surface area (Å²) in [6.45, 7) is 2.82. The predicted molar refractivity (Wildman–Crippen MR) is 93.3 cm³/mol. The molecule has 0 saturated carbocycles. The van der Waals surface area contributed by atoms with Crippen molar-refractivity contribution in [2.24, 2.45) is 5.73 Å². The molecule has 114 valence electrons. The predicted octanol–water partition coefficient (Wildman–Crippen LogP) is 4.47. The van der Waals surface area contributed by atoms with Gasteiger partial charge in [-0.1, -0.05) is 11.6 Å². The van der Waals surface area contributed by atoms with Gasteiger partial charge in [-0.3, -0.25) is 4.98 Å². The van der Waals surface area contributed by atoms with Gasteiger partial charge in [0.2, 0.25) is 0 Å². The number of fused-ring (bicyclic) bond motifs is 1. The van der Waals surface area contributed by atoms with Crippen LogP contribution in [0.1, 0.15) is 24.0 Å². The zero-order valence-electron chi connectivity index (χ0n) is 12.7. The van der Waals surface area contributed by atoms with Gasteiger partial charge in [-0.05, 0) is 68.1 Å². The molecule has 0 saturated heterocycles. The van der Waals surface area contributed by atoms with Crippen molar-refractivity contribution in [3.05, 3.63) is 52.8 Å². The van der Waals surface area contributed by atoms with E-state index >= 15 is 0 Å². The standard InChI is InChI=1S/C18H20ClN3/c1-12-10-14(19)11-16-15(4-2-3-7-20)18(22-17(12)16)13-5-8-21-9-6-13/h5-6,8-11,22H,2-4,7,20H2,1H3. The van der Waals surface area contributed by atoms with Gasteiger partial charge in [0.15, 0.2) is 0 Å². The maximum Gasteiger partial charge on any atom is 0.0498 e. The first-order chi connectivity index (χ1) is 10.7. The highest BCUT2D eigenvalue weighted by molar-refractivity contribution is 6.31. The fraction of sp³-hybridized carbons (Fsp3) is 0.278. The van der Waals surface area contributed by atoms with Gasteiger partial charge in [0.25, 0.3) is 0 Å². The first-order valence-electron chi connectivity index (χ1n) is 7.62. The van der Waals surface area contributed by atoms with E-state index in [0.717, 1.165) is 36.4 Å². The Hall–Kier alpha value is -1.84. The quantitative estimate of drug-likeness (QED) is 0.683. The van der Waals surface area contributed by atoms with Gasteiger partial charge in [0, 0.05) is 39.6 Å². The first kappa shape index (κ1) is 15.1. The number of unbranched alkanes of at least 4 members (excludes halogenated alkanes) is 1. The average molecular weight is 314 g/mol. The number of aryl methyl sites for hydroxylation is 2. The monoisotopic (exact) mass is 313 g/mol. The minimum atomic E-state index is 0.729. The summed E-state index contributed by atoms with van der Waals surface area (Å²) in [7, 11) is 0. The SMILES string of the molecule is Cc1cc(Cl)cc2c(CCCCN)c(-c3ccncc3)[nH]c12. The van der Waals surface area contributed by atoms with Crippen LogP contribution < -0.4 is 5.73 Å². The minimum absolute atomic E-state index is 0.729. The van der Waals surface area contributed by atoms with E-state index < -0.39 is 0 Å². The lowest BCUT2D eigenvalue weighted by Crippen LogP contribution is -1.99. The van der Waals surface area contributed by atoms with Crippen molar-refractivity contribution in [1.29, 1.82) is 0 Å². The van der Waals surface area contributed by atoms with Crippen molar-refractivity contribution >= 4 is 22.5 Å². The number of aromatic nitrogens is 2. The first-order valence-corrected chi connectivity index (χ1v) is 7.99. The molecule has 0 aliphatic carbocycles. The molecule has 0 atom stereocenters. The lowest BCUT2D eigenvalue weighted by Gasteiger charge is -2.05. The van der Waals surface area contributed by atoms with Gasteiger partial charge in [-0.2, -0.15) is 0 Å². The average Bonchev–Trinajstić information content (AvgIpc) is 2.88. The normalized spacial score (nSPS) is 11.2. The second-order valence-electron chi connectivity index (χ2n) is 5.61. The maximum absolute atomic E-state index is 6.27. The van der Waals surface area contributed by atoms with Crippen molar-refractivity contribution in [3.63, 3.8) is 0 Å². The van der Waals surface area contributed by atoms with Crippen molar-refractivity contribution in [3.8, 4) is 11.3 Å². The Morgan fingerprint density at radius 3 is 2.68 bits per heavy atom. The number of pyridine rings is 1. The number of benzene rings is 1. The molecular formula is C18H20ClN3. The highest BCUT2D eigenvalue weighted by Crippen LogP contribution is 2.34. The van der Waals surface area contributed by atoms with Gasteiger partial charge in [0.1, 0.15) is 0 Å². The van der Waals surface area contributed by atoms with E-state index in [2.05, 4.69) is 23.0 Å². The number of halogens is 1. The molecule has 0 bridgehead atoms.